The Kier molecular flexibility index (Phi) is 2.78. The molecule has 0 aliphatic heterocycles. The van der Waals surface area contributed by atoms with Gasteiger partial charge >= 0.3 is 0 Å². The van der Waals surface area contributed by atoms with Gasteiger partial charge in [-0.05, 0) is 31.2 Å². The highest BCUT2D eigenvalue weighted by Gasteiger charge is 2.10. The van der Waals surface area contributed by atoms with Crippen LogP contribution >= 0.6 is 11.3 Å². The van der Waals surface area contributed by atoms with E-state index in [9.17, 15) is 4.39 Å². The lowest BCUT2D eigenvalue weighted by Crippen LogP contribution is -2.08. The van der Waals surface area contributed by atoms with E-state index in [1.165, 1.54) is 23.5 Å². The van der Waals surface area contributed by atoms with Crippen LogP contribution in [0.1, 0.15) is 5.69 Å². The normalized spacial score (nSPS) is 10.4. The fraction of sp³-hybridized carbons (Fsp3) is 0.182. The third-order valence-corrected chi connectivity index (χ3v) is 3.39. The summed E-state index contributed by atoms with van der Waals surface area (Å²) in [5.74, 6) is -0.244. The van der Waals surface area contributed by atoms with Gasteiger partial charge in [0.25, 0.3) is 0 Å². The minimum Gasteiger partial charge on any atom is -0.389 e. The molecule has 3 nitrogen and oxygen atoms in total. The zero-order chi connectivity index (χ0) is 11.7. The molecule has 0 amide bonds. The minimum absolute atomic E-state index is 0.244. The van der Waals surface area contributed by atoms with E-state index in [0.29, 0.717) is 5.00 Å². The highest BCUT2D eigenvalue weighted by atomic mass is 32.1. The first-order chi connectivity index (χ1) is 7.58. The Bertz CT molecular complexity index is 473. The number of thiazole rings is 1. The lowest BCUT2D eigenvalue weighted by atomic mass is 10.3. The summed E-state index contributed by atoms with van der Waals surface area (Å²) in [5.41, 5.74) is 7.46. The van der Waals surface area contributed by atoms with Crippen LogP contribution in [0.2, 0.25) is 0 Å². The van der Waals surface area contributed by atoms with Gasteiger partial charge in [-0.1, -0.05) is 11.3 Å². The van der Waals surface area contributed by atoms with E-state index < -0.39 is 0 Å². The smallest absolute Gasteiger partial charge is 0.191 e. The van der Waals surface area contributed by atoms with Crippen LogP contribution in [-0.2, 0) is 0 Å². The van der Waals surface area contributed by atoms with Gasteiger partial charge < -0.3 is 10.6 Å². The third kappa shape index (κ3) is 1.99. The molecule has 0 unspecified atom stereocenters. The van der Waals surface area contributed by atoms with Gasteiger partial charge in [0.15, 0.2) is 5.13 Å². The molecular weight excluding hydrogens is 225 g/mol. The molecule has 0 aliphatic rings. The number of anilines is 3. The van der Waals surface area contributed by atoms with Gasteiger partial charge in [0.2, 0.25) is 0 Å². The molecule has 0 fully saturated rings. The molecule has 2 N–H and O–H groups in total. The molecule has 84 valence electrons. The van der Waals surface area contributed by atoms with E-state index in [0.717, 1.165) is 16.5 Å². The van der Waals surface area contributed by atoms with Gasteiger partial charge in [0, 0.05) is 12.7 Å². The lowest BCUT2D eigenvalue weighted by Gasteiger charge is -2.15. The first-order valence-electron chi connectivity index (χ1n) is 4.80. The monoisotopic (exact) mass is 237 g/mol. The topological polar surface area (TPSA) is 42.2 Å². The average molecular weight is 237 g/mol. The van der Waals surface area contributed by atoms with Crippen molar-refractivity contribution in [3.8, 4) is 0 Å². The van der Waals surface area contributed by atoms with Crippen molar-refractivity contribution in [2.24, 2.45) is 0 Å². The number of nitrogens with two attached hydrogens (primary N) is 1. The second-order valence-electron chi connectivity index (χ2n) is 3.48. The summed E-state index contributed by atoms with van der Waals surface area (Å²) in [4.78, 5) is 6.22. The molecule has 2 aromatic rings. The van der Waals surface area contributed by atoms with Crippen molar-refractivity contribution < 1.29 is 4.39 Å². The summed E-state index contributed by atoms with van der Waals surface area (Å²) < 4.78 is 12.8. The summed E-state index contributed by atoms with van der Waals surface area (Å²) >= 11 is 1.42. The molecule has 0 radical (unpaired) electrons. The van der Waals surface area contributed by atoms with E-state index in [1.807, 2.05) is 18.9 Å². The maximum absolute atomic E-state index is 12.8. The number of nitrogen functional groups attached to an aromatic ring is 1. The van der Waals surface area contributed by atoms with Crippen LogP contribution < -0.4 is 10.6 Å². The zero-order valence-electron chi connectivity index (χ0n) is 9.07. The molecule has 0 saturated heterocycles. The van der Waals surface area contributed by atoms with Crippen molar-refractivity contribution in [1.29, 1.82) is 0 Å². The quantitative estimate of drug-likeness (QED) is 0.873. The molecule has 0 bridgehead atoms. The Morgan fingerprint density at radius 1 is 1.31 bits per heavy atom. The number of hydrogen-bond acceptors (Lipinski definition) is 4. The van der Waals surface area contributed by atoms with Gasteiger partial charge in [0.1, 0.15) is 10.8 Å². The van der Waals surface area contributed by atoms with Crippen molar-refractivity contribution >= 4 is 27.2 Å². The lowest BCUT2D eigenvalue weighted by molar-refractivity contribution is 0.628. The molecule has 1 aromatic heterocycles. The van der Waals surface area contributed by atoms with Gasteiger partial charge in [-0.3, -0.25) is 0 Å². The summed E-state index contributed by atoms with van der Waals surface area (Å²) in [6.07, 6.45) is 0. The molecule has 0 aliphatic carbocycles. The molecule has 5 heteroatoms. The standard InChI is InChI=1S/C11H12FN3S/c1-7-10(13)16-11(14-7)15(2)9-5-3-8(12)4-6-9/h3-6H,13H2,1-2H3. The largest absolute Gasteiger partial charge is 0.389 e. The van der Waals surface area contributed by atoms with Crippen molar-refractivity contribution in [1.82, 2.24) is 4.98 Å². The van der Waals surface area contributed by atoms with E-state index in [4.69, 9.17) is 5.73 Å². The number of aryl methyl sites for hydroxylation is 1. The fourth-order valence-corrected chi connectivity index (χ4v) is 2.13. The fourth-order valence-electron chi connectivity index (χ4n) is 1.31. The Morgan fingerprint density at radius 3 is 2.44 bits per heavy atom. The van der Waals surface area contributed by atoms with E-state index in [-0.39, 0.29) is 5.82 Å². The summed E-state index contributed by atoms with van der Waals surface area (Å²) in [7, 11) is 1.88. The average Bonchev–Trinajstić information content (AvgIpc) is 2.59. The minimum atomic E-state index is -0.244. The van der Waals surface area contributed by atoms with Crippen molar-refractivity contribution in [3.63, 3.8) is 0 Å². The zero-order valence-corrected chi connectivity index (χ0v) is 9.88. The number of aromatic nitrogens is 1. The highest BCUT2D eigenvalue weighted by Crippen LogP contribution is 2.31. The number of hydrogen-bond donors (Lipinski definition) is 1. The summed E-state index contributed by atoms with van der Waals surface area (Å²) in [6, 6.07) is 6.27. The van der Waals surface area contributed by atoms with Gasteiger partial charge in [-0.15, -0.1) is 0 Å². The van der Waals surface area contributed by atoms with E-state index >= 15 is 0 Å². The molecule has 16 heavy (non-hydrogen) atoms. The van der Waals surface area contributed by atoms with Crippen LogP contribution in [0.5, 0.6) is 0 Å². The molecule has 0 spiro atoms. The SMILES string of the molecule is Cc1nc(N(C)c2ccc(F)cc2)sc1N. The Morgan fingerprint density at radius 2 is 1.94 bits per heavy atom. The molecule has 0 saturated carbocycles. The van der Waals surface area contributed by atoms with Crippen molar-refractivity contribution in [3.05, 3.63) is 35.8 Å². The van der Waals surface area contributed by atoms with E-state index in [1.54, 1.807) is 12.1 Å². The second-order valence-corrected chi connectivity index (χ2v) is 4.49. The maximum atomic E-state index is 12.8. The molecule has 0 atom stereocenters. The Hall–Kier alpha value is -1.62. The molecule has 2 rings (SSSR count). The molecular formula is C11H12FN3S. The second kappa shape index (κ2) is 4.09. The van der Waals surface area contributed by atoms with Crippen LogP contribution in [0.4, 0.5) is 20.2 Å². The predicted molar refractivity (Wildman–Crippen MR) is 65.7 cm³/mol. The van der Waals surface area contributed by atoms with Crippen LogP contribution in [0.3, 0.4) is 0 Å². The van der Waals surface area contributed by atoms with Crippen molar-refractivity contribution in [2.75, 3.05) is 17.7 Å². The highest BCUT2D eigenvalue weighted by molar-refractivity contribution is 7.19. The first kappa shape index (κ1) is 10.9. The van der Waals surface area contributed by atoms with Crippen molar-refractivity contribution in [2.45, 2.75) is 6.92 Å². The Balaban J connectivity index is 2.31. The van der Waals surface area contributed by atoms with Crippen LogP contribution in [0.15, 0.2) is 24.3 Å². The maximum Gasteiger partial charge on any atom is 0.191 e. The van der Waals surface area contributed by atoms with Gasteiger partial charge in [-0.2, -0.15) is 0 Å². The van der Waals surface area contributed by atoms with Crippen LogP contribution in [0, 0.1) is 12.7 Å². The van der Waals surface area contributed by atoms with E-state index in [2.05, 4.69) is 4.98 Å². The summed E-state index contributed by atoms with van der Waals surface area (Å²) in [6.45, 7) is 1.87. The van der Waals surface area contributed by atoms with Gasteiger partial charge in [0.05, 0.1) is 5.69 Å². The first-order valence-corrected chi connectivity index (χ1v) is 5.62. The Labute approximate surface area is 97.3 Å². The summed E-state index contributed by atoms with van der Waals surface area (Å²) in [5, 5.41) is 1.52. The third-order valence-electron chi connectivity index (χ3n) is 2.32. The number of benzene rings is 1. The molecule has 1 aromatic carbocycles. The molecule has 1 heterocycles. The predicted octanol–water partition coefficient (Wildman–Crippen LogP) is 2.94. The van der Waals surface area contributed by atoms with Gasteiger partial charge in [-0.25, -0.2) is 9.37 Å². The van der Waals surface area contributed by atoms with Crippen LogP contribution in [0.25, 0.3) is 0 Å². The van der Waals surface area contributed by atoms with Crippen LogP contribution in [-0.4, -0.2) is 12.0 Å². The number of rotatable bonds is 2. The number of halogens is 1. The number of nitrogens with zero attached hydrogens (tertiary/aromatic N) is 2.